The first kappa shape index (κ1) is 17.7. The molecule has 0 unspecified atom stereocenters. The smallest absolute Gasteiger partial charge is 0.238 e. The first-order chi connectivity index (χ1) is 10.0. The second-order valence-electron chi connectivity index (χ2n) is 5.16. The van der Waals surface area contributed by atoms with Crippen LogP contribution in [-0.4, -0.2) is 38.1 Å². The average Bonchev–Trinajstić information content (AvgIpc) is 2.47. The zero-order valence-corrected chi connectivity index (χ0v) is 13.7. The van der Waals surface area contributed by atoms with Crippen LogP contribution in [0.2, 0.25) is 0 Å². The summed E-state index contributed by atoms with van der Waals surface area (Å²) in [6, 6.07) is 8.16. The molecule has 0 N–H and O–H groups in total. The van der Waals surface area contributed by atoms with Gasteiger partial charge in [0.1, 0.15) is 5.75 Å². The van der Waals surface area contributed by atoms with E-state index in [4.69, 9.17) is 0 Å². The van der Waals surface area contributed by atoms with Crippen molar-refractivity contribution in [1.29, 1.82) is 0 Å². The van der Waals surface area contributed by atoms with E-state index in [0.717, 1.165) is 25.7 Å². The van der Waals surface area contributed by atoms with Crippen LogP contribution < -0.4 is 0 Å². The van der Waals surface area contributed by atoms with Gasteiger partial charge in [-0.15, -0.1) is 0 Å². The van der Waals surface area contributed by atoms with Crippen molar-refractivity contribution < 1.29 is 13.2 Å². The van der Waals surface area contributed by atoms with Crippen LogP contribution in [0.4, 0.5) is 0 Å². The highest BCUT2D eigenvalue weighted by molar-refractivity contribution is 7.92. The zero-order valence-electron chi connectivity index (χ0n) is 12.9. The first-order valence-corrected chi connectivity index (χ1v) is 9.22. The monoisotopic (exact) mass is 311 g/mol. The lowest BCUT2D eigenvalue weighted by molar-refractivity contribution is -0.128. The van der Waals surface area contributed by atoms with Gasteiger partial charge in [0.05, 0.1) is 4.90 Å². The molecule has 1 rings (SSSR count). The van der Waals surface area contributed by atoms with Gasteiger partial charge in [0.15, 0.2) is 9.84 Å². The predicted molar refractivity (Wildman–Crippen MR) is 84.9 cm³/mol. The van der Waals surface area contributed by atoms with Gasteiger partial charge >= 0.3 is 0 Å². The van der Waals surface area contributed by atoms with E-state index in [1.807, 2.05) is 0 Å². The molecule has 1 aromatic rings. The number of unbranched alkanes of at least 4 members (excludes halogenated alkanes) is 2. The lowest BCUT2D eigenvalue weighted by Gasteiger charge is -2.22. The van der Waals surface area contributed by atoms with Crippen molar-refractivity contribution in [3.63, 3.8) is 0 Å². The molecule has 0 aliphatic rings. The molecule has 0 heterocycles. The molecule has 118 valence electrons. The molecule has 0 spiro atoms. The highest BCUT2D eigenvalue weighted by Crippen LogP contribution is 2.11. The van der Waals surface area contributed by atoms with Gasteiger partial charge in [-0.1, -0.05) is 44.9 Å². The summed E-state index contributed by atoms with van der Waals surface area (Å²) >= 11 is 0. The summed E-state index contributed by atoms with van der Waals surface area (Å²) < 4.78 is 24.5. The summed E-state index contributed by atoms with van der Waals surface area (Å²) in [4.78, 5) is 14.2. The maximum Gasteiger partial charge on any atom is 0.238 e. The number of sulfone groups is 1. The van der Waals surface area contributed by atoms with E-state index in [0.29, 0.717) is 13.1 Å². The SMILES string of the molecule is CCCCN(CCCC)C(=O)CS(=O)(=O)c1ccccc1. The van der Waals surface area contributed by atoms with E-state index in [1.165, 1.54) is 12.1 Å². The molecule has 0 atom stereocenters. The Morgan fingerprint density at radius 2 is 1.52 bits per heavy atom. The van der Waals surface area contributed by atoms with E-state index in [2.05, 4.69) is 13.8 Å². The minimum atomic E-state index is -3.55. The normalized spacial score (nSPS) is 11.3. The lowest BCUT2D eigenvalue weighted by Crippen LogP contribution is -2.37. The summed E-state index contributed by atoms with van der Waals surface area (Å²) in [6.07, 6.45) is 3.78. The van der Waals surface area contributed by atoms with Gasteiger partial charge in [0.2, 0.25) is 5.91 Å². The maximum atomic E-state index is 12.3. The van der Waals surface area contributed by atoms with Crippen LogP contribution in [0.5, 0.6) is 0 Å². The number of carbonyl (C=O) groups excluding carboxylic acids is 1. The number of rotatable bonds is 9. The van der Waals surface area contributed by atoms with Crippen molar-refractivity contribution in [3.8, 4) is 0 Å². The molecule has 1 amide bonds. The number of benzene rings is 1. The summed E-state index contributed by atoms with van der Waals surface area (Å²) in [5.41, 5.74) is 0. The van der Waals surface area contributed by atoms with E-state index in [-0.39, 0.29) is 10.8 Å². The van der Waals surface area contributed by atoms with E-state index in [9.17, 15) is 13.2 Å². The van der Waals surface area contributed by atoms with Gasteiger partial charge < -0.3 is 4.90 Å². The average molecular weight is 311 g/mol. The van der Waals surface area contributed by atoms with Crippen molar-refractivity contribution >= 4 is 15.7 Å². The molecule has 4 nitrogen and oxygen atoms in total. The summed E-state index contributed by atoms with van der Waals surface area (Å²) in [5, 5.41) is 0. The molecular weight excluding hydrogens is 286 g/mol. The molecule has 21 heavy (non-hydrogen) atoms. The van der Waals surface area contributed by atoms with Crippen LogP contribution in [0.25, 0.3) is 0 Å². The Hall–Kier alpha value is -1.36. The molecule has 0 aromatic heterocycles. The fourth-order valence-electron chi connectivity index (χ4n) is 2.02. The fourth-order valence-corrected chi connectivity index (χ4v) is 3.27. The first-order valence-electron chi connectivity index (χ1n) is 7.56. The predicted octanol–water partition coefficient (Wildman–Crippen LogP) is 2.89. The minimum Gasteiger partial charge on any atom is -0.342 e. The van der Waals surface area contributed by atoms with Crippen molar-refractivity contribution in [2.45, 2.75) is 44.4 Å². The molecule has 0 aliphatic heterocycles. The van der Waals surface area contributed by atoms with Crippen LogP contribution in [0.1, 0.15) is 39.5 Å². The number of hydrogen-bond acceptors (Lipinski definition) is 3. The molecule has 0 fully saturated rings. The summed E-state index contributed by atoms with van der Waals surface area (Å²) in [6.45, 7) is 5.39. The Labute approximate surface area is 128 Å². The molecule has 1 aromatic carbocycles. The third kappa shape index (κ3) is 5.87. The van der Waals surface area contributed by atoms with E-state index >= 15 is 0 Å². The molecule has 0 aliphatic carbocycles. The number of nitrogens with zero attached hydrogens (tertiary/aromatic N) is 1. The lowest BCUT2D eigenvalue weighted by atomic mass is 10.2. The van der Waals surface area contributed by atoms with Crippen molar-refractivity contribution in [2.24, 2.45) is 0 Å². The number of amides is 1. The molecular formula is C16H25NO3S. The molecule has 5 heteroatoms. The molecule has 0 bridgehead atoms. The molecule has 0 saturated heterocycles. The Balaban J connectivity index is 2.75. The number of carbonyl (C=O) groups is 1. The van der Waals surface area contributed by atoms with Crippen molar-refractivity contribution in [3.05, 3.63) is 30.3 Å². The van der Waals surface area contributed by atoms with Crippen molar-refractivity contribution in [2.75, 3.05) is 18.8 Å². The van der Waals surface area contributed by atoms with Gasteiger partial charge in [-0.25, -0.2) is 8.42 Å². The highest BCUT2D eigenvalue weighted by Gasteiger charge is 2.22. The number of hydrogen-bond donors (Lipinski definition) is 0. The van der Waals surface area contributed by atoms with Crippen molar-refractivity contribution in [1.82, 2.24) is 4.90 Å². The van der Waals surface area contributed by atoms with Gasteiger partial charge in [0.25, 0.3) is 0 Å². The van der Waals surface area contributed by atoms with Gasteiger partial charge in [-0.2, -0.15) is 0 Å². The Morgan fingerprint density at radius 3 is 2.00 bits per heavy atom. The van der Waals surface area contributed by atoms with E-state index < -0.39 is 15.6 Å². The second kappa shape index (κ2) is 8.82. The Morgan fingerprint density at radius 1 is 1.00 bits per heavy atom. The van der Waals surface area contributed by atoms with Gasteiger partial charge in [0, 0.05) is 13.1 Å². The Bertz CT molecular complexity index is 518. The minimum absolute atomic E-state index is 0.212. The van der Waals surface area contributed by atoms with Crippen LogP contribution in [-0.2, 0) is 14.6 Å². The van der Waals surface area contributed by atoms with Gasteiger partial charge in [-0.05, 0) is 25.0 Å². The third-order valence-electron chi connectivity index (χ3n) is 3.33. The second-order valence-corrected chi connectivity index (χ2v) is 7.15. The Kier molecular flexibility index (Phi) is 7.43. The summed E-state index contributed by atoms with van der Waals surface area (Å²) in [5.74, 6) is -0.731. The van der Waals surface area contributed by atoms with Crippen LogP contribution >= 0.6 is 0 Å². The largest absolute Gasteiger partial charge is 0.342 e. The van der Waals surface area contributed by atoms with Crippen LogP contribution in [0, 0.1) is 0 Å². The van der Waals surface area contributed by atoms with Crippen LogP contribution in [0.3, 0.4) is 0 Å². The standard InChI is InChI=1S/C16H25NO3S/c1-3-5-12-17(13-6-4-2)16(18)14-21(19,20)15-10-8-7-9-11-15/h7-11H,3-6,12-14H2,1-2H3. The topological polar surface area (TPSA) is 54.5 Å². The molecule has 0 radical (unpaired) electrons. The third-order valence-corrected chi connectivity index (χ3v) is 4.95. The fraction of sp³-hybridized carbons (Fsp3) is 0.562. The van der Waals surface area contributed by atoms with E-state index in [1.54, 1.807) is 23.1 Å². The highest BCUT2D eigenvalue weighted by atomic mass is 32.2. The van der Waals surface area contributed by atoms with Crippen LogP contribution in [0.15, 0.2) is 35.2 Å². The summed E-state index contributed by atoms with van der Waals surface area (Å²) in [7, 11) is -3.55. The quantitative estimate of drug-likeness (QED) is 0.704. The molecule has 0 saturated carbocycles. The van der Waals surface area contributed by atoms with Gasteiger partial charge in [-0.3, -0.25) is 4.79 Å². The zero-order chi connectivity index (χ0) is 15.7. The maximum absolute atomic E-state index is 12.3.